The Hall–Kier alpha value is -4.83. The first-order valence-corrected chi connectivity index (χ1v) is 16.8. The molecule has 0 bridgehead atoms. The Morgan fingerprint density at radius 3 is 1.96 bits per heavy atom. The Labute approximate surface area is 278 Å². The SMILES string of the molecule is COc1ccc(S(=O)(=O)N(CC(=O)N(Cc2ccc(C)cc2)C(Cc2ccccc2)C(=O)NC(C)(C)C)c2ccccc2)cc1OC. The van der Waals surface area contributed by atoms with Crippen molar-refractivity contribution >= 4 is 27.5 Å². The smallest absolute Gasteiger partial charge is 0.264 e. The molecular weight excluding hydrogens is 614 g/mol. The highest BCUT2D eigenvalue weighted by Crippen LogP contribution is 2.32. The fraction of sp³-hybridized carbons (Fsp3) is 0.297. The summed E-state index contributed by atoms with van der Waals surface area (Å²) < 4.78 is 40.4. The van der Waals surface area contributed by atoms with Crippen molar-refractivity contribution in [3.63, 3.8) is 0 Å². The molecule has 1 N–H and O–H groups in total. The number of aryl methyl sites for hydroxylation is 1. The average molecular weight is 658 g/mol. The predicted octanol–water partition coefficient (Wildman–Crippen LogP) is 5.76. The van der Waals surface area contributed by atoms with Crippen LogP contribution in [0.4, 0.5) is 5.69 Å². The van der Waals surface area contributed by atoms with Gasteiger partial charge in [-0.1, -0.05) is 78.4 Å². The van der Waals surface area contributed by atoms with Gasteiger partial charge in [-0.05, 0) is 63.1 Å². The van der Waals surface area contributed by atoms with Gasteiger partial charge in [0, 0.05) is 24.6 Å². The van der Waals surface area contributed by atoms with Gasteiger partial charge < -0.3 is 19.7 Å². The van der Waals surface area contributed by atoms with Gasteiger partial charge in [0.05, 0.1) is 24.8 Å². The Morgan fingerprint density at radius 1 is 0.787 bits per heavy atom. The molecule has 0 heterocycles. The van der Waals surface area contributed by atoms with Crippen molar-refractivity contribution in [1.29, 1.82) is 0 Å². The summed E-state index contributed by atoms with van der Waals surface area (Å²) in [6.45, 7) is 7.14. The third kappa shape index (κ3) is 9.13. The van der Waals surface area contributed by atoms with E-state index in [1.54, 1.807) is 30.3 Å². The summed E-state index contributed by atoms with van der Waals surface area (Å²) in [5, 5.41) is 3.04. The van der Waals surface area contributed by atoms with E-state index in [2.05, 4.69) is 5.32 Å². The second kappa shape index (κ2) is 15.2. The lowest BCUT2D eigenvalue weighted by molar-refractivity contribution is -0.140. The van der Waals surface area contributed by atoms with E-state index >= 15 is 0 Å². The maximum atomic E-state index is 14.6. The van der Waals surface area contributed by atoms with Crippen molar-refractivity contribution in [3.05, 3.63) is 120 Å². The first kappa shape index (κ1) is 35.0. The fourth-order valence-corrected chi connectivity index (χ4v) is 6.55. The van der Waals surface area contributed by atoms with Gasteiger partial charge in [0.2, 0.25) is 11.8 Å². The van der Waals surface area contributed by atoms with E-state index in [-0.39, 0.29) is 29.5 Å². The number of rotatable bonds is 13. The van der Waals surface area contributed by atoms with Crippen molar-refractivity contribution in [1.82, 2.24) is 10.2 Å². The maximum absolute atomic E-state index is 14.6. The molecule has 2 amide bonds. The van der Waals surface area contributed by atoms with Crippen molar-refractivity contribution in [2.75, 3.05) is 25.1 Å². The summed E-state index contributed by atoms with van der Waals surface area (Å²) in [4.78, 5) is 30.0. The van der Waals surface area contributed by atoms with Crippen LogP contribution in [-0.2, 0) is 32.6 Å². The molecular formula is C37H43N3O6S. The van der Waals surface area contributed by atoms with Crippen LogP contribution < -0.4 is 19.1 Å². The van der Waals surface area contributed by atoms with E-state index in [0.29, 0.717) is 11.4 Å². The van der Waals surface area contributed by atoms with E-state index in [9.17, 15) is 18.0 Å². The van der Waals surface area contributed by atoms with Crippen molar-refractivity contribution in [2.45, 2.75) is 57.1 Å². The molecule has 9 nitrogen and oxygen atoms in total. The quantitative estimate of drug-likeness (QED) is 0.196. The van der Waals surface area contributed by atoms with Gasteiger partial charge in [0.25, 0.3) is 10.0 Å². The van der Waals surface area contributed by atoms with Crippen LogP contribution in [0.5, 0.6) is 11.5 Å². The lowest BCUT2D eigenvalue weighted by atomic mass is 10.0. The molecule has 0 radical (unpaired) electrons. The monoisotopic (exact) mass is 657 g/mol. The van der Waals surface area contributed by atoms with E-state index in [0.717, 1.165) is 21.0 Å². The molecule has 0 aliphatic rings. The summed E-state index contributed by atoms with van der Waals surface area (Å²) in [7, 11) is -1.42. The minimum atomic E-state index is -4.30. The van der Waals surface area contributed by atoms with E-state index < -0.39 is 34.1 Å². The van der Waals surface area contributed by atoms with Gasteiger partial charge in [-0.3, -0.25) is 13.9 Å². The fourth-order valence-electron chi connectivity index (χ4n) is 5.12. The van der Waals surface area contributed by atoms with Crippen molar-refractivity contribution in [3.8, 4) is 11.5 Å². The molecule has 4 rings (SSSR count). The minimum Gasteiger partial charge on any atom is -0.493 e. The second-order valence-electron chi connectivity index (χ2n) is 12.3. The topological polar surface area (TPSA) is 105 Å². The number of benzene rings is 4. The minimum absolute atomic E-state index is 0.0804. The van der Waals surface area contributed by atoms with Crippen LogP contribution in [0.3, 0.4) is 0 Å². The third-order valence-corrected chi connectivity index (χ3v) is 9.28. The molecule has 10 heteroatoms. The molecule has 248 valence electrons. The van der Waals surface area contributed by atoms with Crippen LogP contribution in [0, 0.1) is 6.92 Å². The van der Waals surface area contributed by atoms with Crippen LogP contribution in [-0.4, -0.2) is 57.5 Å². The number of amides is 2. The maximum Gasteiger partial charge on any atom is 0.264 e. The molecule has 0 fully saturated rings. The molecule has 0 saturated carbocycles. The molecule has 0 aliphatic carbocycles. The Kier molecular flexibility index (Phi) is 11.3. The first-order chi connectivity index (χ1) is 22.3. The van der Waals surface area contributed by atoms with Crippen LogP contribution >= 0.6 is 0 Å². The van der Waals surface area contributed by atoms with Crippen molar-refractivity contribution in [2.24, 2.45) is 0 Å². The second-order valence-corrected chi connectivity index (χ2v) is 14.2. The first-order valence-electron chi connectivity index (χ1n) is 15.3. The highest BCUT2D eigenvalue weighted by Gasteiger charge is 2.36. The number of anilines is 1. The summed E-state index contributed by atoms with van der Waals surface area (Å²) in [5.41, 5.74) is 2.44. The zero-order chi connectivity index (χ0) is 34.2. The zero-order valence-corrected chi connectivity index (χ0v) is 28.6. The Morgan fingerprint density at radius 2 is 1.38 bits per heavy atom. The molecule has 0 saturated heterocycles. The van der Waals surface area contributed by atoms with Crippen LogP contribution in [0.15, 0.2) is 108 Å². The normalized spacial score (nSPS) is 12.1. The highest BCUT2D eigenvalue weighted by atomic mass is 32.2. The van der Waals surface area contributed by atoms with E-state index in [1.807, 2.05) is 82.3 Å². The molecule has 0 aromatic heterocycles. The zero-order valence-electron chi connectivity index (χ0n) is 27.8. The molecule has 0 aliphatic heterocycles. The number of nitrogens with one attached hydrogen (secondary N) is 1. The number of hydrogen-bond donors (Lipinski definition) is 1. The lowest BCUT2D eigenvalue weighted by Gasteiger charge is -2.35. The van der Waals surface area contributed by atoms with E-state index in [4.69, 9.17) is 9.47 Å². The Bertz CT molecular complexity index is 1760. The number of methoxy groups -OCH3 is 2. The summed E-state index contributed by atoms with van der Waals surface area (Å²) >= 11 is 0. The van der Waals surface area contributed by atoms with Crippen LogP contribution in [0.2, 0.25) is 0 Å². The summed E-state index contributed by atoms with van der Waals surface area (Å²) in [6, 6.07) is 28.9. The average Bonchev–Trinajstić information content (AvgIpc) is 3.05. The molecule has 1 unspecified atom stereocenters. The molecule has 0 spiro atoms. The van der Waals surface area contributed by atoms with E-state index in [1.165, 1.54) is 37.3 Å². The van der Waals surface area contributed by atoms with Gasteiger partial charge in [-0.15, -0.1) is 0 Å². The molecule has 4 aromatic rings. The number of ether oxygens (including phenoxy) is 2. The molecule has 1 atom stereocenters. The highest BCUT2D eigenvalue weighted by molar-refractivity contribution is 7.92. The Balaban J connectivity index is 1.82. The number of carbonyl (C=O) groups excluding carboxylic acids is 2. The lowest BCUT2D eigenvalue weighted by Crippen LogP contribution is -2.56. The summed E-state index contributed by atoms with van der Waals surface area (Å²) in [5.74, 6) is -0.276. The van der Waals surface area contributed by atoms with Gasteiger partial charge in [-0.2, -0.15) is 0 Å². The number of carbonyl (C=O) groups is 2. The number of nitrogens with zero attached hydrogens (tertiary/aromatic N) is 2. The third-order valence-electron chi connectivity index (χ3n) is 7.51. The number of para-hydroxylation sites is 1. The van der Waals surface area contributed by atoms with Gasteiger partial charge in [0.1, 0.15) is 12.6 Å². The summed E-state index contributed by atoms with van der Waals surface area (Å²) in [6.07, 6.45) is 0.230. The van der Waals surface area contributed by atoms with Gasteiger partial charge >= 0.3 is 0 Å². The van der Waals surface area contributed by atoms with Gasteiger partial charge in [0.15, 0.2) is 11.5 Å². The predicted molar refractivity (Wildman–Crippen MR) is 184 cm³/mol. The van der Waals surface area contributed by atoms with Gasteiger partial charge in [-0.25, -0.2) is 8.42 Å². The largest absolute Gasteiger partial charge is 0.493 e. The van der Waals surface area contributed by atoms with Crippen molar-refractivity contribution < 1.29 is 27.5 Å². The van der Waals surface area contributed by atoms with Crippen LogP contribution in [0.1, 0.15) is 37.5 Å². The number of hydrogen-bond acceptors (Lipinski definition) is 6. The number of sulfonamides is 1. The molecule has 47 heavy (non-hydrogen) atoms. The van der Waals surface area contributed by atoms with Crippen LogP contribution in [0.25, 0.3) is 0 Å². The molecule has 4 aromatic carbocycles. The standard InChI is InChI=1S/C37H43N3O6S/c1-27-17-19-29(20-18-27)25-39(32(36(42)38-37(2,3)4)23-28-13-9-7-10-14-28)35(41)26-40(30-15-11-8-12-16-30)47(43,44)31-21-22-33(45-5)34(24-31)46-6/h7-22,24,32H,23,25-26H2,1-6H3,(H,38,42).